The molecule has 2 atom stereocenters. The molecule has 1 heterocycles. The van der Waals surface area contributed by atoms with Crippen LogP contribution < -0.4 is 11.5 Å². The summed E-state index contributed by atoms with van der Waals surface area (Å²) in [7, 11) is 0. The molecule has 2 unspecified atom stereocenters. The summed E-state index contributed by atoms with van der Waals surface area (Å²) in [5.74, 6) is 0.391. The van der Waals surface area contributed by atoms with Crippen molar-refractivity contribution in [1.29, 1.82) is 0 Å². The van der Waals surface area contributed by atoms with Crippen molar-refractivity contribution >= 4 is 11.5 Å². The Morgan fingerprint density at radius 3 is 2.64 bits per heavy atom. The van der Waals surface area contributed by atoms with E-state index in [1.54, 1.807) is 0 Å². The van der Waals surface area contributed by atoms with Gasteiger partial charge in [-0.1, -0.05) is 0 Å². The topological polar surface area (TPSA) is 110 Å². The molecular weight excluding hydrogens is 184 g/mol. The zero-order valence-electron chi connectivity index (χ0n) is 8.09. The first-order chi connectivity index (χ1) is 6.56. The smallest absolute Gasteiger partial charge is 0.145 e. The van der Waals surface area contributed by atoms with Crippen LogP contribution in [0.15, 0.2) is 6.20 Å². The van der Waals surface area contributed by atoms with E-state index in [4.69, 9.17) is 16.6 Å². The van der Waals surface area contributed by atoms with E-state index in [0.717, 1.165) is 0 Å². The van der Waals surface area contributed by atoms with Gasteiger partial charge >= 0.3 is 0 Å². The number of nitrogen functional groups attached to an aromatic ring is 2. The predicted octanol–water partition coefficient (Wildman–Crippen LogP) is -0.648. The summed E-state index contributed by atoms with van der Waals surface area (Å²) in [6.45, 7) is 1.59. The fourth-order valence-electron chi connectivity index (χ4n) is 1.30. The van der Waals surface area contributed by atoms with E-state index < -0.39 is 6.10 Å². The number of aliphatic hydroxyl groups is 2. The van der Waals surface area contributed by atoms with Crippen molar-refractivity contribution in [2.75, 3.05) is 18.1 Å². The van der Waals surface area contributed by atoms with Crippen molar-refractivity contribution in [1.82, 2.24) is 9.78 Å². The molecule has 0 saturated carbocycles. The van der Waals surface area contributed by atoms with Crippen LogP contribution in [0.5, 0.6) is 0 Å². The lowest BCUT2D eigenvalue weighted by Gasteiger charge is -2.16. The number of rotatable bonds is 4. The van der Waals surface area contributed by atoms with Crippen molar-refractivity contribution in [2.45, 2.75) is 25.5 Å². The van der Waals surface area contributed by atoms with Crippen molar-refractivity contribution in [2.24, 2.45) is 0 Å². The van der Waals surface area contributed by atoms with Crippen LogP contribution in [0.1, 0.15) is 19.4 Å². The number of aromatic nitrogens is 2. The number of aliphatic hydroxyl groups excluding tert-OH is 2. The molecule has 80 valence electrons. The molecule has 6 nitrogen and oxygen atoms in total. The second-order valence-corrected chi connectivity index (χ2v) is 3.35. The van der Waals surface area contributed by atoms with Gasteiger partial charge in [0.2, 0.25) is 0 Å². The van der Waals surface area contributed by atoms with Crippen LogP contribution in [0.2, 0.25) is 0 Å². The highest BCUT2D eigenvalue weighted by Crippen LogP contribution is 2.20. The molecule has 0 aliphatic rings. The Hall–Kier alpha value is -1.27. The standard InChI is InChI=1S/C8H16N4O2/c1-5(2-6(14)4-13)12-8(10)7(9)3-11-12/h3,5-6,13-14H,2,4,9-10H2,1H3. The third kappa shape index (κ3) is 2.15. The monoisotopic (exact) mass is 200 g/mol. The average molecular weight is 200 g/mol. The van der Waals surface area contributed by atoms with Crippen LogP contribution >= 0.6 is 0 Å². The second-order valence-electron chi connectivity index (χ2n) is 3.35. The van der Waals surface area contributed by atoms with Gasteiger partial charge in [0.05, 0.1) is 30.6 Å². The van der Waals surface area contributed by atoms with Gasteiger partial charge in [0.25, 0.3) is 0 Å². The highest BCUT2D eigenvalue weighted by atomic mass is 16.3. The average Bonchev–Trinajstić information content (AvgIpc) is 2.47. The summed E-state index contributed by atoms with van der Waals surface area (Å²) >= 11 is 0. The largest absolute Gasteiger partial charge is 0.394 e. The van der Waals surface area contributed by atoms with Crippen LogP contribution in [0.3, 0.4) is 0 Å². The molecule has 0 aliphatic carbocycles. The third-order valence-corrected chi connectivity index (χ3v) is 2.11. The van der Waals surface area contributed by atoms with Crippen LogP contribution in [0.4, 0.5) is 11.5 Å². The molecule has 14 heavy (non-hydrogen) atoms. The zero-order chi connectivity index (χ0) is 10.7. The minimum atomic E-state index is -0.755. The van der Waals surface area contributed by atoms with Crippen LogP contribution in [0, 0.1) is 0 Å². The summed E-state index contributed by atoms with van der Waals surface area (Å²) in [4.78, 5) is 0. The minimum absolute atomic E-state index is 0.0885. The lowest BCUT2D eigenvalue weighted by molar-refractivity contribution is 0.0763. The summed E-state index contributed by atoms with van der Waals surface area (Å²) in [6.07, 6.45) is 1.11. The Morgan fingerprint density at radius 1 is 1.57 bits per heavy atom. The molecule has 0 radical (unpaired) electrons. The molecule has 6 N–H and O–H groups in total. The van der Waals surface area contributed by atoms with Gasteiger partial charge in [-0.05, 0) is 13.3 Å². The molecule has 0 aromatic carbocycles. The van der Waals surface area contributed by atoms with Gasteiger partial charge < -0.3 is 21.7 Å². The predicted molar refractivity (Wildman–Crippen MR) is 53.5 cm³/mol. The van der Waals surface area contributed by atoms with Crippen molar-refractivity contribution in [3.8, 4) is 0 Å². The lowest BCUT2D eigenvalue weighted by atomic mass is 10.1. The molecule has 1 aromatic heterocycles. The molecule has 0 bridgehead atoms. The van der Waals surface area contributed by atoms with Crippen LogP contribution in [0.25, 0.3) is 0 Å². The van der Waals surface area contributed by atoms with E-state index in [0.29, 0.717) is 17.9 Å². The molecule has 0 amide bonds. The Morgan fingerprint density at radius 2 is 2.21 bits per heavy atom. The SMILES string of the molecule is CC(CC(O)CO)n1ncc(N)c1N. The third-order valence-electron chi connectivity index (χ3n) is 2.11. The van der Waals surface area contributed by atoms with E-state index in [1.807, 2.05) is 6.92 Å². The van der Waals surface area contributed by atoms with Gasteiger partial charge in [-0.15, -0.1) is 0 Å². The van der Waals surface area contributed by atoms with E-state index in [-0.39, 0.29) is 12.6 Å². The molecule has 6 heteroatoms. The van der Waals surface area contributed by atoms with Crippen molar-refractivity contribution in [3.05, 3.63) is 6.20 Å². The van der Waals surface area contributed by atoms with Gasteiger partial charge in [-0.2, -0.15) is 5.10 Å². The number of hydrogen-bond donors (Lipinski definition) is 4. The van der Waals surface area contributed by atoms with Gasteiger partial charge in [-0.3, -0.25) is 0 Å². The van der Waals surface area contributed by atoms with Crippen LogP contribution in [-0.4, -0.2) is 32.7 Å². The fraction of sp³-hybridized carbons (Fsp3) is 0.625. The maximum atomic E-state index is 9.22. The highest BCUT2D eigenvalue weighted by molar-refractivity contribution is 5.57. The number of nitrogens with zero attached hydrogens (tertiary/aromatic N) is 2. The lowest BCUT2D eigenvalue weighted by Crippen LogP contribution is -2.20. The van der Waals surface area contributed by atoms with E-state index in [2.05, 4.69) is 5.10 Å². The number of anilines is 2. The maximum Gasteiger partial charge on any atom is 0.145 e. The van der Waals surface area contributed by atoms with Crippen molar-refractivity contribution < 1.29 is 10.2 Å². The van der Waals surface area contributed by atoms with Gasteiger partial charge in [0, 0.05) is 0 Å². The zero-order valence-corrected chi connectivity index (χ0v) is 8.09. The molecular formula is C8H16N4O2. The molecule has 0 saturated heterocycles. The van der Waals surface area contributed by atoms with E-state index >= 15 is 0 Å². The van der Waals surface area contributed by atoms with Gasteiger partial charge in [0.15, 0.2) is 0 Å². The first-order valence-corrected chi connectivity index (χ1v) is 4.43. The quantitative estimate of drug-likeness (QED) is 0.516. The summed E-state index contributed by atoms with van der Waals surface area (Å²) in [5.41, 5.74) is 11.6. The van der Waals surface area contributed by atoms with Crippen molar-refractivity contribution in [3.63, 3.8) is 0 Å². The molecule has 0 spiro atoms. The first kappa shape index (κ1) is 10.8. The maximum absolute atomic E-state index is 9.22. The summed E-state index contributed by atoms with van der Waals surface area (Å²) in [5, 5.41) is 21.9. The number of hydrogen-bond acceptors (Lipinski definition) is 5. The molecule has 1 aromatic rings. The Bertz CT molecular complexity index is 300. The first-order valence-electron chi connectivity index (χ1n) is 4.43. The van der Waals surface area contributed by atoms with Crippen LogP contribution in [-0.2, 0) is 0 Å². The summed E-state index contributed by atoms with van der Waals surface area (Å²) < 4.78 is 1.54. The fourth-order valence-corrected chi connectivity index (χ4v) is 1.30. The normalized spacial score (nSPS) is 15.4. The van der Waals surface area contributed by atoms with E-state index in [9.17, 15) is 5.11 Å². The highest BCUT2D eigenvalue weighted by Gasteiger charge is 2.14. The Kier molecular flexibility index (Phi) is 3.32. The Balaban J connectivity index is 2.69. The second kappa shape index (κ2) is 4.30. The molecule has 0 fully saturated rings. The Labute approximate surface area is 82.1 Å². The number of nitrogens with two attached hydrogens (primary N) is 2. The van der Waals surface area contributed by atoms with Gasteiger partial charge in [-0.25, -0.2) is 4.68 Å². The molecule has 1 rings (SSSR count). The molecule has 0 aliphatic heterocycles. The summed E-state index contributed by atoms with van der Waals surface area (Å²) in [6, 6.07) is -0.0885. The van der Waals surface area contributed by atoms with Gasteiger partial charge in [0.1, 0.15) is 5.82 Å². The van der Waals surface area contributed by atoms with E-state index in [1.165, 1.54) is 10.9 Å². The minimum Gasteiger partial charge on any atom is -0.394 e.